The van der Waals surface area contributed by atoms with Crippen LogP contribution in [-0.4, -0.2) is 33.3 Å². The number of nitrogens with one attached hydrogen (secondary N) is 1. The molecule has 1 unspecified atom stereocenters. The summed E-state index contributed by atoms with van der Waals surface area (Å²) >= 11 is 1.61. The number of rotatable bonds is 5. The molecule has 0 aromatic carbocycles. The van der Waals surface area contributed by atoms with Gasteiger partial charge in [0.05, 0.1) is 27.2 Å². The molecule has 0 spiro atoms. The first kappa shape index (κ1) is 16.2. The number of fused-ring (bicyclic) bond motifs is 1. The van der Waals surface area contributed by atoms with Gasteiger partial charge in [-0.05, 0) is 43.2 Å². The lowest BCUT2D eigenvalue weighted by atomic mass is 10.1. The summed E-state index contributed by atoms with van der Waals surface area (Å²) in [4.78, 5) is 18.8. The molecule has 0 bridgehead atoms. The number of carbonyl (C=O) groups is 1. The minimum Gasteiger partial charge on any atom is -0.348 e. The third-order valence-corrected chi connectivity index (χ3v) is 5.64. The minimum atomic E-state index is -0.0938. The first-order chi connectivity index (χ1) is 12.1. The molecule has 1 fully saturated rings. The number of amides is 1. The van der Waals surface area contributed by atoms with Crippen LogP contribution in [0.5, 0.6) is 0 Å². The van der Waals surface area contributed by atoms with Crippen molar-refractivity contribution in [2.24, 2.45) is 18.7 Å². The molecule has 1 amide bonds. The predicted molar refractivity (Wildman–Crippen MR) is 99.6 cm³/mol. The quantitative estimate of drug-likeness (QED) is 0.736. The van der Waals surface area contributed by atoms with Crippen LogP contribution in [0.1, 0.15) is 28.9 Å². The second-order valence-corrected chi connectivity index (χ2v) is 7.54. The number of aromatic nitrogens is 3. The minimum absolute atomic E-state index is 0.0397. The first-order valence-electron chi connectivity index (χ1n) is 8.47. The molecule has 7 heteroatoms. The van der Waals surface area contributed by atoms with E-state index in [2.05, 4.69) is 10.4 Å². The standard InChI is InChI=1S/C18H21N5OS/c1-10-16-12(18(24)21-14(9-19)11-5-6-11)8-13(15-4-3-7-25-15)20-17(16)23(2)22-10/h3-4,7-8,11,14H,5-6,9,19H2,1-2H3,(H,21,24). The molecule has 3 N–H and O–H groups in total. The van der Waals surface area contributed by atoms with Gasteiger partial charge in [0, 0.05) is 19.6 Å². The lowest BCUT2D eigenvalue weighted by molar-refractivity contribution is 0.0935. The topological polar surface area (TPSA) is 85.8 Å². The van der Waals surface area contributed by atoms with E-state index in [9.17, 15) is 4.79 Å². The molecule has 3 aromatic rings. The molecule has 25 heavy (non-hydrogen) atoms. The van der Waals surface area contributed by atoms with Gasteiger partial charge in [-0.1, -0.05) is 6.07 Å². The molecular weight excluding hydrogens is 334 g/mol. The summed E-state index contributed by atoms with van der Waals surface area (Å²) in [5.41, 5.74) is 8.81. The SMILES string of the molecule is Cc1nn(C)c2nc(-c3cccs3)cc(C(=O)NC(CN)C3CC3)c12. The molecule has 1 atom stereocenters. The van der Waals surface area contributed by atoms with E-state index < -0.39 is 0 Å². The Morgan fingerprint density at radius 3 is 2.96 bits per heavy atom. The second-order valence-electron chi connectivity index (χ2n) is 6.59. The van der Waals surface area contributed by atoms with Gasteiger partial charge in [-0.3, -0.25) is 9.48 Å². The average Bonchev–Trinajstić information content (AvgIpc) is 3.21. The molecule has 130 valence electrons. The van der Waals surface area contributed by atoms with E-state index in [1.807, 2.05) is 37.6 Å². The lowest BCUT2D eigenvalue weighted by Crippen LogP contribution is -2.41. The van der Waals surface area contributed by atoms with Gasteiger partial charge in [0.15, 0.2) is 5.65 Å². The van der Waals surface area contributed by atoms with Crippen LogP contribution >= 0.6 is 11.3 Å². The molecule has 0 aliphatic heterocycles. The van der Waals surface area contributed by atoms with Gasteiger partial charge >= 0.3 is 0 Å². The van der Waals surface area contributed by atoms with E-state index in [1.165, 1.54) is 0 Å². The van der Waals surface area contributed by atoms with Crippen LogP contribution < -0.4 is 11.1 Å². The fraction of sp³-hybridized carbons (Fsp3) is 0.389. The summed E-state index contributed by atoms with van der Waals surface area (Å²) in [6.07, 6.45) is 2.28. The van der Waals surface area contributed by atoms with E-state index in [4.69, 9.17) is 10.7 Å². The molecule has 0 saturated heterocycles. The number of hydrogen-bond acceptors (Lipinski definition) is 5. The average molecular weight is 355 g/mol. The third kappa shape index (κ3) is 2.94. The molecule has 4 rings (SSSR count). The van der Waals surface area contributed by atoms with Crippen molar-refractivity contribution in [2.75, 3.05) is 6.54 Å². The lowest BCUT2D eigenvalue weighted by Gasteiger charge is -2.16. The van der Waals surface area contributed by atoms with Gasteiger partial charge < -0.3 is 11.1 Å². The third-order valence-electron chi connectivity index (χ3n) is 4.75. The summed E-state index contributed by atoms with van der Waals surface area (Å²) in [6, 6.07) is 5.91. The van der Waals surface area contributed by atoms with Crippen molar-refractivity contribution < 1.29 is 4.79 Å². The smallest absolute Gasteiger partial charge is 0.252 e. The number of pyridine rings is 1. The fourth-order valence-electron chi connectivity index (χ4n) is 3.29. The number of nitrogens with zero attached hydrogens (tertiary/aromatic N) is 3. The largest absolute Gasteiger partial charge is 0.348 e. The van der Waals surface area contributed by atoms with Crippen molar-refractivity contribution in [1.29, 1.82) is 0 Å². The Balaban J connectivity index is 1.81. The van der Waals surface area contributed by atoms with Crippen LogP contribution in [-0.2, 0) is 7.05 Å². The number of thiophene rings is 1. The maximum absolute atomic E-state index is 13.0. The van der Waals surface area contributed by atoms with Crippen molar-refractivity contribution >= 4 is 28.3 Å². The maximum Gasteiger partial charge on any atom is 0.252 e. The van der Waals surface area contributed by atoms with Crippen LogP contribution in [0.25, 0.3) is 21.6 Å². The zero-order valence-corrected chi connectivity index (χ0v) is 15.1. The monoisotopic (exact) mass is 355 g/mol. The van der Waals surface area contributed by atoms with Gasteiger partial charge in [-0.25, -0.2) is 4.98 Å². The van der Waals surface area contributed by atoms with Crippen molar-refractivity contribution in [3.8, 4) is 10.6 Å². The summed E-state index contributed by atoms with van der Waals surface area (Å²) in [5, 5.41) is 10.4. The Morgan fingerprint density at radius 2 is 2.32 bits per heavy atom. The van der Waals surface area contributed by atoms with E-state index in [0.29, 0.717) is 18.0 Å². The highest BCUT2D eigenvalue weighted by Gasteiger charge is 2.32. The van der Waals surface area contributed by atoms with Crippen LogP contribution in [0.15, 0.2) is 23.6 Å². The molecule has 6 nitrogen and oxygen atoms in total. The van der Waals surface area contributed by atoms with Crippen LogP contribution in [0, 0.1) is 12.8 Å². The summed E-state index contributed by atoms with van der Waals surface area (Å²) in [5.74, 6) is 0.418. The maximum atomic E-state index is 13.0. The van der Waals surface area contributed by atoms with Crippen molar-refractivity contribution in [3.05, 3.63) is 34.8 Å². The summed E-state index contributed by atoms with van der Waals surface area (Å²) in [7, 11) is 1.86. The Hall–Kier alpha value is -2.25. The normalized spacial score (nSPS) is 15.5. The zero-order valence-electron chi connectivity index (χ0n) is 14.3. The Kier molecular flexibility index (Phi) is 4.05. The molecule has 0 radical (unpaired) electrons. The number of aryl methyl sites for hydroxylation is 2. The van der Waals surface area contributed by atoms with Crippen LogP contribution in [0.4, 0.5) is 0 Å². The molecule has 1 aliphatic carbocycles. The highest BCUT2D eigenvalue weighted by Crippen LogP contribution is 2.33. The van der Waals surface area contributed by atoms with Crippen molar-refractivity contribution in [1.82, 2.24) is 20.1 Å². The van der Waals surface area contributed by atoms with E-state index in [-0.39, 0.29) is 11.9 Å². The summed E-state index contributed by atoms with van der Waals surface area (Å²) in [6.45, 7) is 2.38. The highest BCUT2D eigenvalue weighted by molar-refractivity contribution is 7.13. The van der Waals surface area contributed by atoms with Crippen LogP contribution in [0.3, 0.4) is 0 Å². The zero-order chi connectivity index (χ0) is 17.6. The van der Waals surface area contributed by atoms with Crippen molar-refractivity contribution in [2.45, 2.75) is 25.8 Å². The fourth-order valence-corrected chi connectivity index (χ4v) is 3.97. The van der Waals surface area contributed by atoms with Gasteiger partial charge in [-0.15, -0.1) is 11.3 Å². The molecule has 3 heterocycles. The molecule has 1 saturated carbocycles. The number of carbonyl (C=O) groups excluding carboxylic acids is 1. The Bertz CT molecular complexity index is 927. The van der Waals surface area contributed by atoms with Gasteiger partial charge in [0.1, 0.15) is 0 Å². The van der Waals surface area contributed by atoms with Crippen molar-refractivity contribution in [3.63, 3.8) is 0 Å². The van der Waals surface area contributed by atoms with Crippen LogP contribution in [0.2, 0.25) is 0 Å². The predicted octanol–water partition coefficient (Wildman–Crippen LogP) is 2.47. The first-order valence-corrected chi connectivity index (χ1v) is 9.35. The van der Waals surface area contributed by atoms with Gasteiger partial charge in [-0.2, -0.15) is 5.10 Å². The van der Waals surface area contributed by atoms with Gasteiger partial charge in [0.25, 0.3) is 5.91 Å². The van der Waals surface area contributed by atoms with Gasteiger partial charge in [0.2, 0.25) is 0 Å². The molecule has 3 aromatic heterocycles. The highest BCUT2D eigenvalue weighted by atomic mass is 32.1. The number of nitrogens with two attached hydrogens (primary N) is 1. The number of hydrogen-bond donors (Lipinski definition) is 2. The molecular formula is C18H21N5OS. The van der Waals surface area contributed by atoms with E-state index in [1.54, 1.807) is 16.0 Å². The molecule has 1 aliphatic rings. The summed E-state index contributed by atoms with van der Waals surface area (Å²) < 4.78 is 1.74. The Morgan fingerprint density at radius 1 is 1.52 bits per heavy atom. The van der Waals surface area contributed by atoms with E-state index in [0.717, 1.165) is 40.1 Å². The Labute approximate surface area is 150 Å². The van der Waals surface area contributed by atoms with E-state index >= 15 is 0 Å². The second kappa shape index (κ2) is 6.24.